The van der Waals surface area contributed by atoms with E-state index >= 15 is 0 Å². The van der Waals surface area contributed by atoms with Gasteiger partial charge in [0, 0.05) is 17.5 Å². The zero-order valence-electron chi connectivity index (χ0n) is 22.0. The van der Waals surface area contributed by atoms with E-state index in [4.69, 9.17) is 19.2 Å². The van der Waals surface area contributed by atoms with E-state index in [1.54, 1.807) is 0 Å². The van der Waals surface area contributed by atoms with Crippen LogP contribution in [0.1, 0.15) is 85.9 Å². The highest BCUT2D eigenvalue weighted by Crippen LogP contribution is 2.40. The van der Waals surface area contributed by atoms with Gasteiger partial charge in [0.15, 0.2) is 0 Å². The normalized spacial score (nSPS) is 19.1. The van der Waals surface area contributed by atoms with E-state index in [0.29, 0.717) is 30.8 Å². The average molecular weight is 500 g/mol. The van der Waals surface area contributed by atoms with Gasteiger partial charge in [-0.1, -0.05) is 56.5 Å². The molecule has 1 aromatic heterocycles. The molecule has 5 nitrogen and oxygen atoms in total. The first-order chi connectivity index (χ1) is 18.0. The van der Waals surface area contributed by atoms with Crippen molar-refractivity contribution in [2.24, 2.45) is 5.92 Å². The Kier molecular flexibility index (Phi) is 7.78. The lowest BCUT2D eigenvalue weighted by Gasteiger charge is -2.27. The Labute approximate surface area is 219 Å². The third-order valence-electron chi connectivity index (χ3n) is 8.02. The van der Waals surface area contributed by atoms with E-state index in [2.05, 4.69) is 37.3 Å². The number of carboxylic acids is 1. The number of oxazole rings is 1. The molecule has 0 spiro atoms. The van der Waals surface area contributed by atoms with Crippen LogP contribution in [0.5, 0.6) is 5.75 Å². The van der Waals surface area contributed by atoms with Crippen LogP contribution in [0.3, 0.4) is 0 Å². The first kappa shape index (κ1) is 25.3. The van der Waals surface area contributed by atoms with Gasteiger partial charge in [-0.05, 0) is 79.3 Å². The third-order valence-corrected chi connectivity index (χ3v) is 8.02. The van der Waals surface area contributed by atoms with Gasteiger partial charge in [0.25, 0.3) is 0 Å². The standard InChI is InChI=1S/C32H37NO4/c1-21-11-16-28-27(26(21)17-18-31(34)35)9-6-10-30(28)36-20-19-29-22(2)37-32(33-29)25-14-12-24(13-15-25)23-7-4-3-5-8-23/h6,9-10,12-15,17,21,23H,3-5,7-8,11,16,18-20H2,1-2H3,(H,34,35)/b26-17-. The van der Waals surface area contributed by atoms with Crippen molar-refractivity contribution in [3.05, 3.63) is 76.7 Å². The first-order valence-electron chi connectivity index (χ1n) is 13.7. The van der Waals surface area contributed by atoms with Crippen molar-refractivity contribution in [3.8, 4) is 17.2 Å². The summed E-state index contributed by atoms with van der Waals surface area (Å²) < 4.78 is 12.3. The van der Waals surface area contributed by atoms with Crippen LogP contribution < -0.4 is 4.74 Å². The van der Waals surface area contributed by atoms with Crippen molar-refractivity contribution in [1.29, 1.82) is 0 Å². The Balaban J connectivity index is 1.24. The van der Waals surface area contributed by atoms with E-state index in [1.165, 1.54) is 43.2 Å². The van der Waals surface area contributed by atoms with Crippen molar-refractivity contribution in [2.75, 3.05) is 6.61 Å². The summed E-state index contributed by atoms with van der Waals surface area (Å²) in [5.74, 6) is 2.61. The number of aliphatic carboxylic acids is 1. The lowest BCUT2D eigenvalue weighted by atomic mass is 9.79. The number of hydrogen-bond donors (Lipinski definition) is 1. The highest BCUT2D eigenvalue weighted by Gasteiger charge is 2.23. The minimum absolute atomic E-state index is 0.0429. The fraction of sp³-hybridized carbons (Fsp3) is 0.438. The van der Waals surface area contributed by atoms with Gasteiger partial charge in [0.2, 0.25) is 5.89 Å². The number of nitrogens with zero attached hydrogens (tertiary/aromatic N) is 1. The van der Waals surface area contributed by atoms with Crippen LogP contribution in [0.25, 0.3) is 17.0 Å². The van der Waals surface area contributed by atoms with Gasteiger partial charge in [-0.2, -0.15) is 0 Å². The molecule has 2 aliphatic rings. The molecule has 5 rings (SSSR count). The molecule has 1 N–H and O–H groups in total. The molecule has 1 heterocycles. The number of rotatable bonds is 8. The summed E-state index contributed by atoms with van der Waals surface area (Å²) >= 11 is 0. The molecule has 194 valence electrons. The summed E-state index contributed by atoms with van der Waals surface area (Å²) in [6.45, 7) is 4.64. The number of fused-ring (bicyclic) bond motifs is 1. The van der Waals surface area contributed by atoms with Crippen LogP contribution in [0.4, 0.5) is 0 Å². The highest BCUT2D eigenvalue weighted by atomic mass is 16.5. The molecule has 1 unspecified atom stereocenters. The maximum atomic E-state index is 11.1. The summed E-state index contributed by atoms with van der Waals surface area (Å²) in [5.41, 5.74) is 6.78. The van der Waals surface area contributed by atoms with Crippen LogP contribution in [0.2, 0.25) is 0 Å². The predicted octanol–water partition coefficient (Wildman–Crippen LogP) is 7.76. The maximum Gasteiger partial charge on any atom is 0.307 e. The van der Waals surface area contributed by atoms with Crippen LogP contribution in [0.15, 0.2) is 53.0 Å². The van der Waals surface area contributed by atoms with Gasteiger partial charge in [-0.15, -0.1) is 0 Å². The molecular weight excluding hydrogens is 462 g/mol. The summed E-state index contributed by atoms with van der Waals surface area (Å²) in [6.07, 6.45) is 11.1. The minimum Gasteiger partial charge on any atom is -0.493 e. The topological polar surface area (TPSA) is 72.6 Å². The van der Waals surface area contributed by atoms with Crippen LogP contribution in [0, 0.1) is 12.8 Å². The predicted molar refractivity (Wildman–Crippen MR) is 146 cm³/mol. The summed E-state index contributed by atoms with van der Waals surface area (Å²) in [5, 5.41) is 9.14. The molecule has 5 heteroatoms. The second-order valence-corrected chi connectivity index (χ2v) is 10.6. The number of carboxylic acid groups (broad SMARTS) is 1. The summed E-state index contributed by atoms with van der Waals surface area (Å²) in [4.78, 5) is 15.9. The van der Waals surface area contributed by atoms with Crippen molar-refractivity contribution < 1.29 is 19.1 Å². The Morgan fingerprint density at radius 2 is 1.89 bits per heavy atom. The Morgan fingerprint density at radius 1 is 1.11 bits per heavy atom. The molecule has 3 aromatic rings. The smallest absolute Gasteiger partial charge is 0.307 e. The number of aromatic nitrogens is 1. The fourth-order valence-electron chi connectivity index (χ4n) is 5.89. The number of ether oxygens (including phenoxy) is 1. The Hall–Kier alpha value is -3.34. The van der Waals surface area contributed by atoms with Gasteiger partial charge in [0.1, 0.15) is 11.5 Å². The van der Waals surface area contributed by atoms with Crippen LogP contribution in [-0.4, -0.2) is 22.7 Å². The van der Waals surface area contributed by atoms with Crippen LogP contribution in [-0.2, 0) is 17.6 Å². The number of carbonyl (C=O) groups is 1. The van der Waals surface area contributed by atoms with Gasteiger partial charge in [0.05, 0.1) is 18.7 Å². The van der Waals surface area contributed by atoms with E-state index in [9.17, 15) is 4.79 Å². The maximum absolute atomic E-state index is 11.1. The van der Waals surface area contributed by atoms with Crippen molar-refractivity contribution >= 4 is 11.5 Å². The molecule has 37 heavy (non-hydrogen) atoms. The van der Waals surface area contributed by atoms with Crippen molar-refractivity contribution in [2.45, 2.75) is 77.6 Å². The second-order valence-electron chi connectivity index (χ2n) is 10.6. The quantitative estimate of drug-likeness (QED) is 0.343. The molecule has 1 fully saturated rings. The van der Waals surface area contributed by atoms with Gasteiger partial charge in [-0.3, -0.25) is 4.79 Å². The molecule has 1 saturated carbocycles. The lowest BCUT2D eigenvalue weighted by molar-refractivity contribution is -0.136. The molecule has 0 amide bonds. The highest BCUT2D eigenvalue weighted by molar-refractivity contribution is 5.77. The van der Waals surface area contributed by atoms with E-state index in [-0.39, 0.29) is 6.42 Å². The molecule has 1 atom stereocenters. The monoisotopic (exact) mass is 499 g/mol. The van der Waals surface area contributed by atoms with Gasteiger partial charge >= 0.3 is 5.97 Å². The average Bonchev–Trinajstić information content (AvgIpc) is 3.29. The summed E-state index contributed by atoms with van der Waals surface area (Å²) in [7, 11) is 0. The third kappa shape index (κ3) is 5.82. The Bertz CT molecular complexity index is 1260. The Morgan fingerprint density at radius 3 is 2.65 bits per heavy atom. The second kappa shape index (κ2) is 11.4. The zero-order chi connectivity index (χ0) is 25.8. The van der Waals surface area contributed by atoms with Crippen LogP contribution >= 0.6 is 0 Å². The number of aryl methyl sites for hydroxylation is 1. The zero-order valence-corrected chi connectivity index (χ0v) is 22.0. The lowest BCUT2D eigenvalue weighted by Crippen LogP contribution is -2.13. The molecular formula is C32H37NO4. The summed E-state index contributed by atoms with van der Waals surface area (Å²) in [6, 6.07) is 14.9. The number of hydrogen-bond acceptors (Lipinski definition) is 4. The van der Waals surface area contributed by atoms with E-state index in [1.807, 2.05) is 25.1 Å². The SMILES string of the molecule is Cc1oc(-c2ccc(C3CCCCC3)cc2)nc1CCOc1cccc2c1CCC(C)/C2=C/CC(=O)O. The number of allylic oxidation sites excluding steroid dienone is 1. The molecule has 0 saturated heterocycles. The first-order valence-corrected chi connectivity index (χ1v) is 13.7. The molecule has 2 aliphatic carbocycles. The van der Waals surface area contributed by atoms with E-state index in [0.717, 1.165) is 46.7 Å². The largest absolute Gasteiger partial charge is 0.493 e. The molecule has 0 aliphatic heterocycles. The molecule has 2 aromatic carbocycles. The molecule has 0 bridgehead atoms. The minimum atomic E-state index is -0.804. The van der Waals surface area contributed by atoms with E-state index < -0.39 is 5.97 Å². The van der Waals surface area contributed by atoms with Gasteiger partial charge < -0.3 is 14.3 Å². The fourth-order valence-corrected chi connectivity index (χ4v) is 5.89. The van der Waals surface area contributed by atoms with Crippen molar-refractivity contribution in [3.63, 3.8) is 0 Å². The van der Waals surface area contributed by atoms with Gasteiger partial charge in [-0.25, -0.2) is 4.98 Å². The number of benzene rings is 2. The van der Waals surface area contributed by atoms with Crippen molar-refractivity contribution in [1.82, 2.24) is 4.98 Å². The molecule has 0 radical (unpaired) electrons.